The van der Waals surface area contributed by atoms with Crippen LogP contribution < -0.4 is 0 Å². The third kappa shape index (κ3) is 6.74. The molecule has 0 aromatic rings. The standard InChI is InChI=1S/C4H4I2O/c5-1-3-7-4-2-6/h1-4H/b3-1+,4-2+. The maximum absolute atomic E-state index is 4.76. The van der Waals surface area contributed by atoms with Gasteiger partial charge in [-0.1, -0.05) is 0 Å². The Bertz CT molecular complexity index is 67.8. The number of hydrogen-bond donors (Lipinski definition) is 0. The van der Waals surface area contributed by atoms with Crippen LogP contribution in [0.5, 0.6) is 0 Å². The first kappa shape index (κ1) is 7.74. The molecule has 0 saturated carbocycles. The van der Waals surface area contributed by atoms with Crippen LogP contribution in [-0.4, -0.2) is 0 Å². The third-order valence-electron chi connectivity index (χ3n) is 0.260. The highest BCUT2D eigenvalue weighted by atomic mass is 127. The van der Waals surface area contributed by atoms with Crippen molar-refractivity contribution in [3.63, 3.8) is 0 Å². The van der Waals surface area contributed by atoms with Crippen molar-refractivity contribution < 1.29 is 4.74 Å². The summed E-state index contributed by atoms with van der Waals surface area (Å²) >= 11 is 4.17. The molecule has 1 nitrogen and oxygen atoms in total. The number of hydrogen-bond acceptors (Lipinski definition) is 1. The highest BCUT2D eigenvalue weighted by molar-refractivity contribution is 14.1. The van der Waals surface area contributed by atoms with E-state index in [-0.39, 0.29) is 0 Å². The average molecular weight is 322 g/mol. The molecule has 0 aliphatic carbocycles. The van der Waals surface area contributed by atoms with Gasteiger partial charge in [-0.2, -0.15) is 0 Å². The summed E-state index contributed by atoms with van der Waals surface area (Å²) in [6.07, 6.45) is 3.21. The molecule has 0 rings (SSSR count). The van der Waals surface area contributed by atoms with Gasteiger partial charge in [0.05, 0.1) is 12.5 Å². The summed E-state index contributed by atoms with van der Waals surface area (Å²) in [7, 11) is 0. The average Bonchev–Trinajstić information content (AvgIpc) is 1.69. The predicted molar refractivity (Wildman–Crippen MR) is 47.4 cm³/mol. The summed E-state index contributed by atoms with van der Waals surface area (Å²) in [5.41, 5.74) is 0. The van der Waals surface area contributed by atoms with E-state index in [1.54, 1.807) is 20.7 Å². The van der Waals surface area contributed by atoms with Gasteiger partial charge in [-0.15, -0.1) is 0 Å². The smallest absolute Gasteiger partial charge is 0.0962 e. The van der Waals surface area contributed by atoms with Crippen molar-refractivity contribution >= 4 is 45.2 Å². The normalized spacial score (nSPS) is 11.1. The molecule has 0 aromatic heterocycles. The molecule has 0 aromatic carbocycles. The molecule has 0 fully saturated rings. The zero-order valence-corrected chi connectivity index (χ0v) is 7.79. The Hall–Kier alpha value is 0.740. The second kappa shape index (κ2) is 6.74. The number of ether oxygens (including phenoxy) is 1. The van der Waals surface area contributed by atoms with Crippen LogP contribution in [0, 0.1) is 0 Å². The van der Waals surface area contributed by atoms with E-state index in [2.05, 4.69) is 45.2 Å². The van der Waals surface area contributed by atoms with Crippen molar-refractivity contribution in [2.24, 2.45) is 0 Å². The molecule has 0 amide bonds. The van der Waals surface area contributed by atoms with Crippen LogP contribution in [-0.2, 0) is 4.74 Å². The van der Waals surface area contributed by atoms with Crippen LogP contribution in [0.1, 0.15) is 0 Å². The van der Waals surface area contributed by atoms with E-state index in [1.807, 2.05) is 0 Å². The van der Waals surface area contributed by atoms with E-state index in [4.69, 9.17) is 4.74 Å². The maximum atomic E-state index is 4.76. The van der Waals surface area contributed by atoms with Gasteiger partial charge in [-0.05, 0) is 45.2 Å². The topological polar surface area (TPSA) is 9.23 Å². The lowest BCUT2D eigenvalue weighted by molar-refractivity contribution is 0.406. The molecule has 0 radical (unpaired) electrons. The lowest BCUT2D eigenvalue weighted by Gasteiger charge is -1.80. The first-order valence-corrected chi connectivity index (χ1v) is 4.07. The molecule has 0 atom stereocenters. The fourth-order valence-corrected chi connectivity index (χ4v) is 0.444. The SMILES string of the molecule is I/C=C/O/C=C/I. The van der Waals surface area contributed by atoms with E-state index in [0.29, 0.717) is 0 Å². The van der Waals surface area contributed by atoms with E-state index in [9.17, 15) is 0 Å². The van der Waals surface area contributed by atoms with Gasteiger partial charge in [0.15, 0.2) is 0 Å². The van der Waals surface area contributed by atoms with Crippen LogP contribution in [0.2, 0.25) is 0 Å². The zero-order chi connectivity index (χ0) is 5.54. The molecule has 0 N–H and O–H groups in total. The summed E-state index contributed by atoms with van der Waals surface area (Å²) in [6.45, 7) is 0. The maximum Gasteiger partial charge on any atom is 0.0962 e. The van der Waals surface area contributed by atoms with Gasteiger partial charge in [-0.25, -0.2) is 0 Å². The molecule has 7 heavy (non-hydrogen) atoms. The summed E-state index contributed by atoms with van der Waals surface area (Å²) in [5.74, 6) is 0. The lowest BCUT2D eigenvalue weighted by Crippen LogP contribution is -1.56. The quantitative estimate of drug-likeness (QED) is 0.561. The van der Waals surface area contributed by atoms with E-state index >= 15 is 0 Å². The van der Waals surface area contributed by atoms with E-state index in [1.165, 1.54) is 0 Å². The summed E-state index contributed by atoms with van der Waals surface area (Å²) in [6, 6.07) is 0. The Kier molecular flexibility index (Phi) is 7.45. The van der Waals surface area contributed by atoms with Crippen LogP contribution in [0.3, 0.4) is 0 Å². The molecular weight excluding hydrogens is 318 g/mol. The van der Waals surface area contributed by atoms with Gasteiger partial charge in [0, 0.05) is 8.17 Å². The van der Waals surface area contributed by atoms with Gasteiger partial charge in [-0.3, -0.25) is 0 Å². The summed E-state index contributed by atoms with van der Waals surface area (Å²) < 4.78 is 8.36. The molecule has 0 unspecified atom stereocenters. The lowest BCUT2D eigenvalue weighted by atomic mass is 11.1. The van der Waals surface area contributed by atoms with Gasteiger partial charge in [0.2, 0.25) is 0 Å². The molecule has 0 aliphatic heterocycles. The zero-order valence-electron chi connectivity index (χ0n) is 3.47. The van der Waals surface area contributed by atoms with Crippen molar-refractivity contribution in [1.82, 2.24) is 0 Å². The largest absolute Gasteiger partial charge is 0.472 e. The van der Waals surface area contributed by atoms with Crippen molar-refractivity contribution in [2.75, 3.05) is 0 Å². The Balaban J connectivity index is 2.98. The number of rotatable bonds is 2. The van der Waals surface area contributed by atoms with Crippen LogP contribution in [0.15, 0.2) is 20.7 Å². The highest BCUT2D eigenvalue weighted by Gasteiger charge is 1.59. The fraction of sp³-hybridized carbons (Fsp3) is 0. The van der Waals surface area contributed by atoms with Crippen LogP contribution in [0.4, 0.5) is 0 Å². The van der Waals surface area contributed by atoms with E-state index < -0.39 is 0 Å². The monoisotopic (exact) mass is 322 g/mol. The minimum Gasteiger partial charge on any atom is -0.472 e. The first-order chi connectivity index (χ1) is 3.41. The van der Waals surface area contributed by atoms with Gasteiger partial charge in [0.25, 0.3) is 0 Å². The predicted octanol–water partition coefficient (Wildman–Crippen LogP) is 2.82. The second-order valence-electron chi connectivity index (χ2n) is 0.660. The fourth-order valence-electron chi connectivity index (χ4n) is 0.105. The Morgan fingerprint density at radius 2 is 1.43 bits per heavy atom. The minimum atomic E-state index is 1.61. The van der Waals surface area contributed by atoms with Crippen molar-refractivity contribution in [2.45, 2.75) is 0 Å². The van der Waals surface area contributed by atoms with Crippen molar-refractivity contribution in [3.05, 3.63) is 20.7 Å². The molecule has 0 aliphatic rings. The molecule has 0 spiro atoms. The second-order valence-corrected chi connectivity index (χ2v) is 2.10. The molecular formula is C4H4I2O. The van der Waals surface area contributed by atoms with Gasteiger partial charge in [0.1, 0.15) is 0 Å². The van der Waals surface area contributed by atoms with Crippen molar-refractivity contribution in [3.8, 4) is 0 Å². The number of halogens is 2. The van der Waals surface area contributed by atoms with Gasteiger partial charge < -0.3 is 4.74 Å². The minimum absolute atomic E-state index is 1.61. The molecule has 0 saturated heterocycles. The van der Waals surface area contributed by atoms with Crippen LogP contribution in [0.25, 0.3) is 0 Å². The first-order valence-electron chi connectivity index (χ1n) is 1.57. The Morgan fingerprint density at radius 1 is 1.00 bits per heavy atom. The summed E-state index contributed by atoms with van der Waals surface area (Å²) in [4.78, 5) is 0. The molecule has 0 heterocycles. The summed E-state index contributed by atoms with van der Waals surface area (Å²) in [5, 5.41) is 0. The van der Waals surface area contributed by atoms with Crippen LogP contribution >= 0.6 is 45.2 Å². The molecule has 40 valence electrons. The Labute approximate surface area is 70.1 Å². The van der Waals surface area contributed by atoms with E-state index in [0.717, 1.165) is 0 Å². The Morgan fingerprint density at radius 3 is 1.71 bits per heavy atom. The highest BCUT2D eigenvalue weighted by Crippen LogP contribution is 1.88. The molecule has 3 heteroatoms. The van der Waals surface area contributed by atoms with Gasteiger partial charge >= 0.3 is 0 Å². The third-order valence-corrected chi connectivity index (χ3v) is 0.847. The molecule has 0 bridgehead atoms. The van der Waals surface area contributed by atoms with Crippen molar-refractivity contribution in [1.29, 1.82) is 0 Å².